The van der Waals surface area contributed by atoms with E-state index in [1.807, 2.05) is 72.0 Å². The van der Waals surface area contributed by atoms with Crippen LogP contribution in [0.2, 0.25) is 0 Å². The summed E-state index contributed by atoms with van der Waals surface area (Å²) in [6.07, 6.45) is -5.91. The van der Waals surface area contributed by atoms with Gasteiger partial charge in [0.05, 0.1) is 25.2 Å². The fourth-order valence-electron chi connectivity index (χ4n) is 10.8. The summed E-state index contributed by atoms with van der Waals surface area (Å²) in [6.45, 7) is 12.1. The molecule has 27 nitrogen and oxygen atoms in total. The van der Waals surface area contributed by atoms with Crippen molar-refractivity contribution < 1.29 is 92.2 Å². The average Bonchev–Trinajstić information content (AvgIpc) is 1.13. The third kappa shape index (κ3) is 20.4. The van der Waals surface area contributed by atoms with Crippen LogP contribution in [0.4, 0.5) is 5.69 Å². The van der Waals surface area contributed by atoms with Crippen LogP contribution in [-0.2, 0) is 65.6 Å². The second-order valence-corrected chi connectivity index (χ2v) is 24.6. The largest absolute Gasteiger partial charge is 0.481 e. The number of rotatable bonds is 35. The first kappa shape index (κ1) is 73.0. The van der Waals surface area contributed by atoms with Gasteiger partial charge in [0.15, 0.2) is 18.8 Å². The zero-order valence-electron chi connectivity index (χ0n) is 52.4. The molecule has 1 unspecified atom stereocenters. The van der Waals surface area contributed by atoms with E-state index in [4.69, 9.17) is 19.9 Å². The molecule has 0 bridgehead atoms. The summed E-state index contributed by atoms with van der Waals surface area (Å²) in [6, 6.07) is 10.3. The Labute approximate surface area is 527 Å². The summed E-state index contributed by atoms with van der Waals surface area (Å²) < 4.78 is 17.2. The summed E-state index contributed by atoms with van der Waals surface area (Å²) in [7, 11) is 3.47. The Morgan fingerprint density at radius 1 is 0.878 bits per heavy atom. The van der Waals surface area contributed by atoms with E-state index in [2.05, 4.69) is 26.3 Å². The molecule has 3 aromatic rings. The van der Waals surface area contributed by atoms with E-state index < -0.39 is 133 Å². The normalized spacial score (nSPS) is 20.3. The molecule has 2 aromatic carbocycles. The highest BCUT2D eigenvalue weighted by Crippen LogP contribution is 2.34. The lowest BCUT2D eigenvalue weighted by atomic mass is 9.93. The van der Waals surface area contributed by atoms with Gasteiger partial charge in [-0.05, 0) is 61.3 Å². The standard InChI is InChI=1S/C62H87N9O18S/c1-10-12-16-25-71(9,31-39-19-20-45(88-62-54(79)52(77)53(78)55(89-62)61(85)86)41(28-39)66-47(73)23-24-64-57(81)44(30-63)70-49(75)21-22-50(70)76)32-48(74)68-51(35(5)11-2)59(82)69(8)43(34(3)4)29-46(87-37(7)72)58-67-42(33-90-58)56(80)65-40(26-36(6)60(83)84)27-38-17-14-13-15-18-38/h13-15,17-22,28,33-36,40,43-44,46,51-55,62,77-79H,10-12,16,23-27,29-32,63H2,1-9H3,(H5-,64,65,66,68,73,74,80,81,83,84,85,86)/p+1/t35-,36-,40+,43+,44-,46+,51-,52-,53-,54+,55-,62+,71?/m0/s1. The van der Waals surface area contributed by atoms with Crippen LogP contribution in [0, 0.1) is 17.8 Å². The highest BCUT2D eigenvalue weighted by molar-refractivity contribution is 7.09. The molecule has 0 radical (unpaired) electrons. The molecule has 7 amide bonds. The SMILES string of the molecule is CCCCC[N+](C)(CC(=O)N[C@H](C(=O)N(C)[C@H](C[C@@H](OC(C)=O)c1nc(C(=O)N[C@@H](Cc2ccccc2)C[C@H](C)C(=O)O)cs1)C(C)C)[C@@H](C)CC)Cc1ccc(O[C@@H]2O[C@H](C(=O)O)[C@@H](O)[C@H](O)[C@H]2O)c(NC(=O)CCNC(=O)[C@H](CN)N2C(=O)C=CC2=O)c1. The zero-order valence-corrected chi connectivity index (χ0v) is 53.2. The van der Waals surface area contributed by atoms with Gasteiger partial charge in [-0.25, -0.2) is 9.78 Å². The van der Waals surface area contributed by atoms with Gasteiger partial charge >= 0.3 is 17.9 Å². The predicted octanol–water partition coefficient (Wildman–Crippen LogP) is 2.41. The second-order valence-electron chi connectivity index (χ2n) is 23.7. The number of anilines is 1. The van der Waals surface area contributed by atoms with Crippen LogP contribution >= 0.6 is 11.3 Å². The number of carbonyl (C=O) groups excluding carboxylic acids is 8. The number of likely N-dealkylation sites (N-methyl/N-ethyl adjacent to an activating group) is 2. The molecule has 28 heteroatoms. The monoisotopic (exact) mass is 1280 g/mol. The topological polar surface area (TPSA) is 393 Å². The number of nitrogens with zero attached hydrogens (tertiary/aromatic N) is 4. The number of amides is 7. The summed E-state index contributed by atoms with van der Waals surface area (Å²) in [5.74, 6) is -9.24. The minimum atomic E-state index is -2.03. The molecule has 2 aliphatic heterocycles. The minimum Gasteiger partial charge on any atom is -0.481 e. The molecule has 1 aromatic heterocycles. The fraction of sp³-hybridized carbons (Fsp3) is 0.565. The quantitative estimate of drug-likeness (QED) is 0.0175. The molecule has 0 saturated carbocycles. The molecule has 11 N–H and O–H groups in total. The number of quaternary nitrogens is 1. The molecule has 1 saturated heterocycles. The number of nitrogens with one attached hydrogen (secondary N) is 4. The third-order valence-corrected chi connectivity index (χ3v) is 17.0. The average molecular weight is 1280 g/mol. The van der Waals surface area contributed by atoms with Crippen LogP contribution in [0.1, 0.15) is 126 Å². The maximum Gasteiger partial charge on any atom is 0.335 e. The number of aliphatic carboxylic acids is 2. The van der Waals surface area contributed by atoms with Crippen LogP contribution in [0.3, 0.4) is 0 Å². The van der Waals surface area contributed by atoms with Gasteiger partial charge < -0.3 is 76.1 Å². The van der Waals surface area contributed by atoms with Gasteiger partial charge in [0.2, 0.25) is 24.0 Å². The Morgan fingerprint density at radius 2 is 1.56 bits per heavy atom. The first-order valence-electron chi connectivity index (χ1n) is 30.2. The van der Waals surface area contributed by atoms with Crippen LogP contribution in [0.15, 0.2) is 66.1 Å². The van der Waals surface area contributed by atoms with Crippen LogP contribution in [0.5, 0.6) is 5.75 Å². The van der Waals surface area contributed by atoms with E-state index in [1.165, 1.54) is 29.3 Å². The van der Waals surface area contributed by atoms with Gasteiger partial charge in [-0.3, -0.25) is 48.1 Å². The Balaban J connectivity index is 1.37. The number of esters is 1. The predicted molar refractivity (Wildman–Crippen MR) is 327 cm³/mol. The molecule has 2 aliphatic rings. The number of unbranched alkanes of at least 4 members (excludes halogenated alkanes) is 2. The summed E-state index contributed by atoms with van der Waals surface area (Å²) in [5, 5.41) is 64.2. The van der Waals surface area contributed by atoms with Gasteiger partial charge in [0, 0.05) is 75.1 Å². The number of carbonyl (C=O) groups is 10. The first-order chi connectivity index (χ1) is 42.5. The van der Waals surface area contributed by atoms with Gasteiger partial charge in [-0.1, -0.05) is 84.7 Å². The van der Waals surface area contributed by atoms with Crippen molar-refractivity contribution in [3.05, 3.63) is 87.9 Å². The number of aliphatic hydroxyl groups excluding tert-OH is 3. The molecule has 90 heavy (non-hydrogen) atoms. The number of thiazole rings is 1. The lowest BCUT2D eigenvalue weighted by Crippen LogP contribution is -2.61. The van der Waals surface area contributed by atoms with Crippen LogP contribution < -0.4 is 31.7 Å². The molecule has 5 rings (SSSR count). The molecule has 494 valence electrons. The van der Waals surface area contributed by atoms with Gasteiger partial charge in [0.1, 0.15) is 53.4 Å². The number of aliphatic hydroxyl groups is 3. The van der Waals surface area contributed by atoms with Gasteiger partial charge in [0.25, 0.3) is 23.6 Å². The van der Waals surface area contributed by atoms with Gasteiger partial charge in [-0.2, -0.15) is 0 Å². The van der Waals surface area contributed by atoms with Crippen LogP contribution in [-0.4, -0.2) is 199 Å². The molecule has 0 aliphatic carbocycles. The fourth-order valence-corrected chi connectivity index (χ4v) is 11.6. The van der Waals surface area contributed by atoms with E-state index in [0.717, 1.165) is 41.9 Å². The first-order valence-corrected chi connectivity index (χ1v) is 31.0. The van der Waals surface area contributed by atoms with E-state index in [1.54, 1.807) is 20.0 Å². The molecular weight excluding hydrogens is 1190 g/mol. The molecule has 1 fully saturated rings. The van der Waals surface area contributed by atoms with Crippen molar-refractivity contribution in [3.63, 3.8) is 0 Å². The molecule has 0 spiro atoms. The Bertz CT molecular complexity index is 3020. The lowest BCUT2D eigenvalue weighted by Gasteiger charge is -2.38. The number of hydrogen-bond donors (Lipinski definition) is 10. The maximum atomic E-state index is 14.9. The van der Waals surface area contributed by atoms with Crippen molar-refractivity contribution in [3.8, 4) is 5.75 Å². The number of nitrogens with two attached hydrogens (primary N) is 1. The number of carboxylic acid groups (broad SMARTS) is 2. The number of imide groups is 1. The number of ether oxygens (including phenoxy) is 3. The van der Waals surface area contributed by atoms with Crippen molar-refractivity contribution in [1.29, 1.82) is 0 Å². The molecule has 13 atom stereocenters. The molecule has 3 heterocycles. The highest BCUT2D eigenvalue weighted by Gasteiger charge is 2.48. The van der Waals surface area contributed by atoms with Crippen molar-refractivity contribution in [2.45, 2.75) is 167 Å². The lowest BCUT2D eigenvalue weighted by molar-refractivity contribution is -0.915. The third-order valence-electron chi connectivity index (χ3n) is 16.0. The van der Waals surface area contributed by atoms with Gasteiger partial charge in [-0.15, -0.1) is 11.3 Å². The smallest absolute Gasteiger partial charge is 0.335 e. The number of carboxylic acids is 2. The van der Waals surface area contributed by atoms with Crippen LogP contribution in [0.25, 0.3) is 0 Å². The Hall–Kier alpha value is -7.73. The summed E-state index contributed by atoms with van der Waals surface area (Å²) >= 11 is 1.10. The minimum absolute atomic E-state index is 0.0359. The van der Waals surface area contributed by atoms with E-state index in [-0.39, 0.29) is 72.3 Å². The van der Waals surface area contributed by atoms with Crippen molar-refractivity contribution in [2.24, 2.45) is 23.5 Å². The Kier molecular flexibility index (Phi) is 27.5. The number of aromatic nitrogens is 1. The summed E-state index contributed by atoms with van der Waals surface area (Å²) in [4.78, 5) is 138. The number of benzene rings is 2. The van der Waals surface area contributed by atoms with E-state index >= 15 is 0 Å². The second kappa shape index (κ2) is 33.9. The summed E-state index contributed by atoms with van der Waals surface area (Å²) in [5.41, 5.74) is 7.16. The maximum absolute atomic E-state index is 14.9. The zero-order chi connectivity index (χ0) is 66.7. The van der Waals surface area contributed by atoms with Crippen molar-refractivity contribution in [1.82, 2.24) is 30.7 Å². The number of hydrogen-bond acceptors (Lipinski definition) is 19. The van der Waals surface area contributed by atoms with E-state index in [0.29, 0.717) is 41.3 Å². The highest BCUT2D eigenvalue weighted by atomic mass is 32.1. The molecular formula is C62H88N9O18S+. The van der Waals surface area contributed by atoms with Crippen molar-refractivity contribution in [2.75, 3.05) is 45.6 Å². The van der Waals surface area contributed by atoms with Crippen molar-refractivity contribution >= 4 is 76.3 Å². The Morgan fingerprint density at radius 3 is 2.16 bits per heavy atom. The van der Waals surface area contributed by atoms with E-state index in [9.17, 15) is 73.5 Å².